The van der Waals surface area contributed by atoms with Gasteiger partial charge in [0.1, 0.15) is 5.65 Å². The molecule has 28 heavy (non-hydrogen) atoms. The number of pyridine rings is 1. The van der Waals surface area contributed by atoms with Crippen LogP contribution in [0, 0.1) is 0 Å². The van der Waals surface area contributed by atoms with E-state index in [1.165, 1.54) is 5.56 Å². The van der Waals surface area contributed by atoms with Crippen LogP contribution in [-0.4, -0.2) is 15.3 Å². The van der Waals surface area contributed by atoms with Crippen molar-refractivity contribution in [3.63, 3.8) is 0 Å². The summed E-state index contributed by atoms with van der Waals surface area (Å²) in [6, 6.07) is 22.2. The van der Waals surface area contributed by atoms with Crippen molar-refractivity contribution in [3.05, 3.63) is 101 Å². The van der Waals surface area contributed by atoms with Gasteiger partial charge >= 0.3 is 0 Å². The first-order valence-corrected chi connectivity index (χ1v) is 9.71. The summed E-state index contributed by atoms with van der Waals surface area (Å²) in [7, 11) is 0. The molecule has 1 N–H and O–H groups in total. The molecular formula is C23H18BrN3O. The molecule has 5 heteroatoms. The zero-order valence-electron chi connectivity index (χ0n) is 15.0. The first-order chi connectivity index (χ1) is 13.7. The van der Waals surface area contributed by atoms with Crippen LogP contribution in [0.3, 0.4) is 0 Å². The quantitative estimate of drug-likeness (QED) is 0.447. The zero-order chi connectivity index (χ0) is 19.3. The highest BCUT2D eigenvalue weighted by Gasteiger charge is 2.03. The number of carbonyl (C=O) groups is 1. The summed E-state index contributed by atoms with van der Waals surface area (Å²) in [5, 5.41) is 2.87. The van der Waals surface area contributed by atoms with Crippen LogP contribution in [0.5, 0.6) is 0 Å². The van der Waals surface area contributed by atoms with Crippen LogP contribution in [-0.2, 0) is 11.3 Å². The van der Waals surface area contributed by atoms with Gasteiger partial charge in [-0.05, 0) is 50.8 Å². The third kappa shape index (κ3) is 4.38. The van der Waals surface area contributed by atoms with Gasteiger partial charge in [-0.1, -0.05) is 54.6 Å². The molecule has 4 nitrogen and oxygen atoms in total. The summed E-state index contributed by atoms with van der Waals surface area (Å²) in [5.74, 6) is -0.148. The molecule has 2 heterocycles. The molecule has 0 aliphatic carbocycles. The predicted octanol–water partition coefficient (Wildman–Crippen LogP) is 5.09. The lowest BCUT2D eigenvalue weighted by molar-refractivity contribution is -0.116. The van der Waals surface area contributed by atoms with Gasteiger partial charge in [-0.3, -0.25) is 4.79 Å². The normalized spacial score (nSPS) is 11.2. The molecular weight excluding hydrogens is 414 g/mol. The molecule has 0 unspecified atom stereocenters. The van der Waals surface area contributed by atoms with E-state index in [0.29, 0.717) is 6.54 Å². The monoisotopic (exact) mass is 431 g/mol. The molecule has 0 saturated carbocycles. The number of halogens is 1. The standard InChI is InChI=1S/C23H18BrN3O/c24-20-11-12-22-26-21(16-27(22)15-20)14-25-23(28)13-8-17-6-9-19(10-7-17)18-4-2-1-3-5-18/h1-13,15-16H,14H2,(H,25,28)/b13-8+. The van der Waals surface area contributed by atoms with E-state index in [1.54, 1.807) is 6.08 Å². The minimum absolute atomic E-state index is 0.148. The van der Waals surface area contributed by atoms with E-state index in [9.17, 15) is 4.79 Å². The van der Waals surface area contributed by atoms with E-state index in [2.05, 4.69) is 50.5 Å². The second kappa shape index (κ2) is 8.23. The molecule has 0 spiro atoms. The highest BCUT2D eigenvalue weighted by atomic mass is 79.9. The van der Waals surface area contributed by atoms with Gasteiger partial charge < -0.3 is 9.72 Å². The summed E-state index contributed by atoms with van der Waals surface area (Å²) in [6.07, 6.45) is 7.20. The Morgan fingerprint density at radius 3 is 2.50 bits per heavy atom. The average molecular weight is 432 g/mol. The van der Waals surface area contributed by atoms with Crippen molar-refractivity contribution < 1.29 is 4.79 Å². The van der Waals surface area contributed by atoms with Gasteiger partial charge in [-0.15, -0.1) is 0 Å². The molecule has 0 saturated heterocycles. The fourth-order valence-corrected chi connectivity index (χ4v) is 3.28. The molecule has 0 fully saturated rings. The van der Waals surface area contributed by atoms with Gasteiger partial charge in [0.2, 0.25) is 5.91 Å². The molecule has 0 bridgehead atoms. The average Bonchev–Trinajstić information content (AvgIpc) is 3.14. The van der Waals surface area contributed by atoms with Gasteiger partial charge in [0, 0.05) is 22.9 Å². The van der Waals surface area contributed by atoms with E-state index in [4.69, 9.17) is 0 Å². The summed E-state index contributed by atoms with van der Waals surface area (Å²) in [6.45, 7) is 0.384. The molecule has 1 amide bonds. The van der Waals surface area contributed by atoms with E-state index in [1.807, 2.05) is 65.3 Å². The lowest BCUT2D eigenvalue weighted by atomic mass is 10.0. The van der Waals surface area contributed by atoms with Gasteiger partial charge in [-0.2, -0.15) is 0 Å². The Bertz CT molecular complexity index is 1130. The van der Waals surface area contributed by atoms with Crippen LogP contribution in [0.4, 0.5) is 0 Å². The third-order valence-corrected chi connectivity index (χ3v) is 4.82. The van der Waals surface area contributed by atoms with Crippen LogP contribution in [0.25, 0.3) is 22.9 Å². The maximum atomic E-state index is 12.1. The van der Waals surface area contributed by atoms with Crippen LogP contribution in [0.15, 0.2) is 89.7 Å². The lowest BCUT2D eigenvalue weighted by Gasteiger charge is -2.02. The smallest absolute Gasteiger partial charge is 0.244 e. The fraction of sp³-hybridized carbons (Fsp3) is 0.0435. The molecule has 0 aliphatic rings. The second-order valence-corrected chi connectivity index (χ2v) is 7.30. The van der Waals surface area contributed by atoms with Crippen molar-refractivity contribution in [2.75, 3.05) is 0 Å². The van der Waals surface area contributed by atoms with E-state index < -0.39 is 0 Å². The fourth-order valence-electron chi connectivity index (χ4n) is 2.93. The topological polar surface area (TPSA) is 46.4 Å². The number of amides is 1. The van der Waals surface area contributed by atoms with Crippen molar-refractivity contribution in [1.82, 2.24) is 14.7 Å². The number of hydrogen-bond acceptors (Lipinski definition) is 2. The number of rotatable bonds is 5. The Balaban J connectivity index is 1.35. The Kier molecular flexibility index (Phi) is 5.35. The van der Waals surface area contributed by atoms with Crippen LogP contribution in [0.2, 0.25) is 0 Å². The van der Waals surface area contributed by atoms with Crippen LogP contribution >= 0.6 is 15.9 Å². The zero-order valence-corrected chi connectivity index (χ0v) is 16.6. The van der Waals surface area contributed by atoms with E-state index in [-0.39, 0.29) is 5.91 Å². The molecule has 2 aromatic carbocycles. The molecule has 0 aliphatic heterocycles. The Labute approximate surface area is 171 Å². The maximum Gasteiger partial charge on any atom is 0.244 e. The highest BCUT2D eigenvalue weighted by Crippen LogP contribution is 2.19. The van der Waals surface area contributed by atoms with Gasteiger partial charge in [0.15, 0.2) is 0 Å². The maximum absolute atomic E-state index is 12.1. The van der Waals surface area contributed by atoms with E-state index in [0.717, 1.165) is 26.9 Å². The Morgan fingerprint density at radius 1 is 0.964 bits per heavy atom. The van der Waals surface area contributed by atoms with Crippen LogP contribution in [0.1, 0.15) is 11.3 Å². The summed E-state index contributed by atoms with van der Waals surface area (Å²) < 4.78 is 2.91. The van der Waals surface area contributed by atoms with E-state index >= 15 is 0 Å². The van der Waals surface area contributed by atoms with Crippen molar-refractivity contribution in [3.8, 4) is 11.1 Å². The van der Waals surface area contributed by atoms with Gasteiger partial charge in [0.25, 0.3) is 0 Å². The molecule has 2 aromatic heterocycles. The summed E-state index contributed by atoms with van der Waals surface area (Å²) in [5.41, 5.74) is 4.97. The summed E-state index contributed by atoms with van der Waals surface area (Å²) >= 11 is 3.44. The van der Waals surface area contributed by atoms with Crippen molar-refractivity contribution in [2.24, 2.45) is 0 Å². The Morgan fingerprint density at radius 2 is 1.71 bits per heavy atom. The minimum Gasteiger partial charge on any atom is -0.347 e. The number of fused-ring (bicyclic) bond motifs is 1. The molecule has 138 valence electrons. The Hall–Kier alpha value is -3.18. The second-order valence-electron chi connectivity index (χ2n) is 6.38. The number of imidazole rings is 1. The van der Waals surface area contributed by atoms with Crippen molar-refractivity contribution in [1.29, 1.82) is 0 Å². The minimum atomic E-state index is -0.148. The van der Waals surface area contributed by atoms with Crippen LogP contribution < -0.4 is 5.32 Å². The molecule has 0 atom stereocenters. The molecule has 4 aromatic rings. The number of carbonyl (C=O) groups excluding carboxylic acids is 1. The SMILES string of the molecule is O=C(/C=C/c1ccc(-c2ccccc2)cc1)NCc1cn2cc(Br)ccc2n1. The number of aromatic nitrogens is 2. The lowest BCUT2D eigenvalue weighted by Crippen LogP contribution is -2.20. The first kappa shape index (κ1) is 18.2. The largest absolute Gasteiger partial charge is 0.347 e. The predicted molar refractivity (Wildman–Crippen MR) is 116 cm³/mol. The molecule has 0 radical (unpaired) electrons. The summed E-state index contributed by atoms with van der Waals surface area (Å²) in [4.78, 5) is 16.6. The first-order valence-electron chi connectivity index (χ1n) is 8.92. The molecule has 4 rings (SSSR count). The van der Waals surface area contributed by atoms with Gasteiger partial charge in [0.05, 0.1) is 12.2 Å². The number of nitrogens with one attached hydrogen (secondary N) is 1. The van der Waals surface area contributed by atoms with Gasteiger partial charge in [-0.25, -0.2) is 4.98 Å². The van der Waals surface area contributed by atoms with Crippen molar-refractivity contribution >= 4 is 33.6 Å². The highest BCUT2D eigenvalue weighted by molar-refractivity contribution is 9.10. The number of benzene rings is 2. The van der Waals surface area contributed by atoms with Crippen molar-refractivity contribution in [2.45, 2.75) is 6.54 Å². The number of nitrogens with zero attached hydrogens (tertiary/aromatic N) is 2. The third-order valence-electron chi connectivity index (χ3n) is 4.35. The number of hydrogen-bond donors (Lipinski definition) is 1.